The highest BCUT2D eigenvalue weighted by atomic mass is 32.1. The molecule has 0 amide bonds. The van der Waals surface area contributed by atoms with Gasteiger partial charge < -0.3 is 5.32 Å². The normalized spacial score (nSPS) is 10.7. The average Bonchev–Trinajstić information content (AvgIpc) is 2.77. The molecular weight excluding hydrogens is 228 g/mol. The Morgan fingerprint density at radius 3 is 2.88 bits per heavy atom. The summed E-state index contributed by atoms with van der Waals surface area (Å²) in [5.41, 5.74) is 3.87. The van der Waals surface area contributed by atoms with E-state index in [9.17, 15) is 0 Å². The Morgan fingerprint density at radius 2 is 2.12 bits per heavy atom. The molecule has 2 aromatic rings. The van der Waals surface area contributed by atoms with Gasteiger partial charge in [-0.25, -0.2) is 4.98 Å². The first kappa shape index (κ1) is 12.3. The van der Waals surface area contributed by atoms with Crippen LogP contribution in [0.5, 0.6) is 0 Å². The molecule has 2 rings (SSSR count). The molecule has 0 aliphatic heterocycles. The van der Waals surface area contributed by atoms with Gasteiger partial charge in [-0.1, -0.05) is 31.2 Å². The smallest absolute Gasteiger partial charge is 0.0972 e. The van der Waals surface area contributed by atoms with Crippen LogP contribution in [0.4, 0.5) is 0 Å². The lowest BCUT2D eigenvalue weighted by Gasteiger charge is -2.02. The summed E-state index contributed by atoms with van der Waals surface area (Å²) in [6, 6.07) is 8.51. The summed E-state index contributed by atoms with van der Waals surface area (Å²) in [5.74, 6) is 0. The Balaban J connectivity index is 2.04. The SMILES string of the molecule is CCNCc1csc(Cc2ccccc2C)n1. The van der Waals surface area contributed by atoms with Gasteiger partial charge in [0.05, 0.1) is 10.7 Å². The van der Waals surface area contributed by atoms with Gasteiger partial charge in [0.1, 0.15) is 0 Å². The van der Waals surface area contributed by atoms with Crippen LogP contribution in [0.1, 0.15) is 28.8 Å². The lowest BCUT2D eigenvalue weighted by Crippen LogP contribution is -2.11. The summed E-state index contributed by atoms with van der Waals surface area (Å²) >= 11 is 1.75. The van der Waals surface area contributed by atoms with Crippen molar-refractivity contribution < 1.29 is 0 Å². The molecule has 0 saturated carbocycles. The molecule has 0 fully saturated rings. The first-order valence-corrected chi connectivity index (χ1v) is 6.86. The molecule has 0 spiro atoms. The quantitative estimate of drug-likeness (QED) is 0.876. The maximum Gasteiger partial charge on any atom is 0.0972 e. The fraction of sp³-hybridized carbons (Fsp3) is 0.357. The summed E-state index contributed by atoms with van der Waals surface area (Å²) in [7, 11) is 0. The summed E-state index contributed by atoms with van der Waals surface area (Å²) in [6.45, 7) is 6.13. The summed E-state index contributed by atoms with van der Waals surface area (Å²) in [6.07, 6.45) is 0.948. The van der Waals surface area contributed by atoms with Crippen molar-refractivity contribution in [3.63, 3.8) is 0 Å². The minimum atomic E-state index is 0.876. The third-order valence-corrected chi connectivity index (χ3v) is 3.66. The molecule has 0 atom stereocenters. The highest BCUT2D eigenvalue weighted by Crippen LogP contribution is 2.17. The fourth-order valence-electron chi connectivity index (χ4n) is 1.74. The number of benzene rings is 1. The molecule has 1 heterocycles. The molecule has 0 bridgehead atoms. The molecular formula is C14H18N2S. The van der Waals surface area contributed by atoms with Crippen LogP contribution in [-0.4, -0.2) is 11.5 Å². The van der Waals surface area contributed by atoms with E-state index in [0.717, 1.165) is 25.2 Å². The Labute approximate surface area is 107 Å². The van der Waals surface area contributed by atoms with Gasteiger partial charge in [-0.05, 0) is 24.6 Å². The Kier molecular flexibility index (Phi) is 4.29. The zero-order valence-corrected chi connectivity index (χ0v) is 11.2. The average molecular weight is 246 g/mol. The van der Waals surface area contributed by atoms with E-state index in [1.807, 2.05) is 0 Å². The van der Waals surface area contributed by atoms with E-state index in [0.29, 0.717) is 0 Å². The van der Waals surface area contributed by atoms with Crippen molar-refractivity contribution >= 4 is 11.3 Å². The van der Waals surface area contributed by atoms with Crippen molar-refractivity contribution in [1.82, 2.24) is 10.3 Å². The van der Waals surface area contributed by atoms with Gasteiger partial charge in [-0.3, -0.25) is 0 Å². The fourth-order valence-corrected chi connectivity index (χ4v) is 2.55. The van der Waals surface area contributed by atoms with Crippen LogP contribution in [0.15, 0.2) is 29.6 Å². The van der Waals surface area contributed by atoms with Crippen LogP contribution >= 0.6 is 11.3 Å². The van der Waals surface area contributed by atoms with Gasteiger partial charge >= 0.3 is 0 Å². The first-order valence-electron chi connectivity index (χ1n) is 5.98. The minimum absolute atomic E-state index is 0.876. The largest absolute Gasteiger partial charge is 0.311 e. The van der Waals surface area contributed by atoms with E-state index in [2.05, 4.69) is 53.8 Å². The standard InChI is InChI=1S/C14H18N2S/c1-3-15-9-13-10-17-14(16-13)8-12-7-5-4-6-11(12)2/h4-7,10,15H,3,8-9H2,1-2H3. The number of nitrogens with one attached hydrogen (secondary N) is 1. The highest BCUT2D eigenvalue weighted by Gasteiger charge is 2.04. The second-order valence-electron chi connectivity index (χ2n) is 4.12. The second-order valence-corrected chi connectivity index (χ2v) is 5.06. The van der Waals surface area contributed by atoms with E-state index in [4.69, 9.17) is 0 Å². The van der Waals surface area contributed by atoms with Crippen LogP contribution < -0.4 is 5.32 Å². The van der Waals surface area contributed by atoms with E-state index in [1.54, 1.807) is 11.3 Å². The maximum atomic E-state index is 4.64. The molecule has 1 aromatic heterocycles. The Hall–Kier alpha value is -1.19. The topological polar surface area (TPSA) is 24.9 Å². The number of hydrogen-bond donors (Lipinski definition) is 1. The molecule has 0 aliphatic rings. The predicted molar refractivity (Wildman–Crippen MR) is 73.5 cm³/mol. The third-order valence-electron chi connectivity index (χ3n) is 2.76. The molecule has 3 heteroatoms. The molecule has 1 aromatic carbocycles. The van der Waals surface area contributed by atoms with Gasteiger partial charge in [-0.2, -0.15) is 0 Å². The molecule has 17 heavy (non-hydrogen) atoms. The molecule has 2 nitrogen and oxygen atoms in total. The van der Waals surface area contributed by atoms with Crippen molar-refractivity contribution in [3.8, 4) is 0 Å². The first-order chi connectivity index (χ1) is 8.29. The molecule has 0 saturated heterocycles. The van der Waals surface area contributed by atoms with Gasteiger partial charge in [0.25, 0.3) is 0 Å². The minimum Gasteiger partial charge on any atom is -0.311 e. The zero-order chi connectivity index (χ0) is 12.1. The Morgan fingerprint density at radius 1 is 1.29 bits per heavy atom. The van der Waals surface area contributed by atoms with E-state index < -0.39 is 0 Å². The number of rotatable bonds is 5. The van der Waals surface area contributed by atoms with Gasteiger partial charge in [0.2, 0.25) is 0 Å². The van der Waals surface area contributed by atoms with Crippen LogP contribution in [0.2, 0.25) is 0 Å². The van der Waals surface area contributed by atoms with Crippen LogP contribution in [0.3, 0.4) is 0 Å². The van der Waals surface area contributed by atoms with Crippen molar-refractivity contribution in [1.29, 1.82) is 0 Å². The van der Waals surface area contributed by atoms with Crippen molar-refractivity contribution in [3.05, 3.63) is 51.5 Å². The molecule has 0 unspecified atom stereocenters. The predicted octanol–water partition coefficient (Wildman–Crippen LogP) is 3.15. The number of aryl methyl sites for hydroxylation is 1. The summed E-state index contributed by atoms with van der Waals surface area (Å²) in [4.78, 5) is 4.64. The lowest BCUT2D eigenvalue weighted by atomic mass is 10.1. The number of nitrogens with zero attached hydrogens (tertiary/aromatic N) is 1. The molecule has 0 radical (unpaired) electrons. The van der Waals surface area contributed by atoms with Crippen LogP contribution in [-0.2, 0) is 13.0 Å². The molecule has 90 valence electrons. The zero-order valence-electron chi connectivity index (χ0n) is 10.4. The number of hydrogen-bond acceptors (Lipinski definition) is 3. The molecule has 1 N–H and O–H groups in total. The maximum absolute atomic E-state index is 4.64. The third kappa shape index (κ3) is 3.38. The van der Waals surface area contributed by atoms with Gasteiger partial charge in [0, 0.05) is 18.3 Å². The van der Waals surface area contributed by atoms with Crippen molar-refractivity contribution in [2.45, 2.75) is 26.8 Å². The number of thiazole rings is 1. The highest BCUT2D eigenvalue weighted by molar-refractivity contribution is 7.09. The monoisotopic (exact) mass is 246 g/mol. The van der Waals surface area contributed by atoms with E-state index in [-0.39, 0.29) is 0 Å². The molecule has 0 aliphatic carbocycles. The van der Waals surface area contributed by atoms with Gasteiger partial charge in [0.15, 0.2) is 0 Å². The second kappa shape index (κ2) is 5.94. The summed E-state index contributed by atoms with van der Waals surface area (Å²) < 4.78 is 0. The van der Waals surface area contributed by atoms with Crippen LogP contribution in [0.25, 0.3) is 0 Å². The van der Waals surface area contributed by atoms with Gasteiger partial charge in [-0.15, -0.1) is 11.3 Å². The van der Waals surface area contributed by atoms with Crippen LogP contribution in [0, 0.1) is 6.92 Å². The van der Waals surface area contributed by atoms with E-state index >= 15 is 0 Å². The van der Waals surface area contributed by atoms with Crippen molar-refractivity contribution in [2.24, 2.45) is 0 Å². The summed E-state index contributed by atoms with van der Waals surface area (Å²) in [5, 5.41) is 6.65. The number of aromatic nitrogens is 1. The Bertz CT molecular complexity index is 477. The van der Waals surface area contributed by atoms with Crippen molar-refractivity contribution in [2.75, 3.05) is 6.54 Å². The lowest BCUT2D eigenvalue weighted by molar-refractivity contribution is 0.712. The van der Waals surface area contributed by atoms with E-state index in [1.165, 1.54) is 16.1 Å².